The molecule has 0 bridgehead atoms. The maximum Gasteiger partial charge on any atom is 0.209 e. The average molecular weight is 185 g/mol. The summed E-state index contributed by atoms with van der Waals surface area (Å²) in [4.78, 5) is 12.6. The van der Waals surface area contributed by atoms with E-state index in [1.54, 1.807) is 0 Å². The highest BCUT2D eigenvalue weighted by atomic mass is 16.1. The Hall–Kier alpha value is -0.530. The van der Waals surface area contributed by atoms with E-state index in [1.165, 1.54) is 0 Å². The highest BCUT2D eigenvalue weighted by Crippen LogP contribution is 2.19. The number of rotatable bonds is 3. The second kappa shape index (κ2) is 4.12. The molecule has 0 aliphatic heterocycles. The number of carbonyl (C=O) groups is 1. The number of amides is 1. The zero-order valence-corrected chi connectivity index (χ0v) is 9.85. The van der Waals surface area contributed by atoms with Gasteiger partial charge in [-0.3, -0.25) is 4.79 Å². The molecule has 0 heterocycles. The quantitative estimate of drug-likeness (QED) is 0.619. The van der Waals surface area contributed by atoms with Crippen molar-refractivity contribution in [1.82, 2.24) is 4.90 Å². The summed E-state index contributed by atoms with van der Waals surface area (Å²) in [5, 5.41) is 0. The first-order valence-electron chi connectivity index (χ1n) is 4.83. The van der Waals surface area contributed by atoms with Crippen LogP contribution in [-0.4, -0.2) is 24.4 Å². The normalized spacial score (nSPS) is 12.8. The lowest BCUT2D eigenvalue weighted by Crippen LogP contribution is -2.37. The Morgan fingerprint density at radius 1 is 0.923 bits per heavy atom. The van der Waals surface area contributed by atoms with Gasteiger partial charge in [-0.1, -0.05) is 41.5 Å². The molecule has 0 aliphatic rings. The van der Waals surface area contributed by atoms with Crippen LogP contribution in [0.25, 0.3) is 0 Å². The van der Waals surface area contributed by atoms with Gasteiger partial charge in [0, 0.05) is 13.1 Å². The maximum atomic E-state index is 10.8. The lowest BCUT2D eigenvalue weighted by atomic mass is 9.92. The molecule has 0 rings (SSSR count). The largest absolute Gasteiger partial charge is 0.344 e. The molecule has 78 valence electrons. The number of hydrogen-bond donors (Lipinski definition) is 0. The van der Waals surface area contributed by atoms with Gasteiger partial charge in [0.1, 0.15) is 0 Å². The summed E-state index contributed by atoms with van der Waals surface area (Å²) < 4.78 is 0. The topological polar surface area (TPSA) is 20.3 Å². The SMILES string of the molecule is CC(C)(C)CN(C=O)CC(C)(C)C. The third kappa shape index (κ3) is 7.82. The van der Waals surface area contributed by atoms with Crippen molar-refractivity contribution >= 4 is 6.41 Å². The van der Waals surface area contributed by atoms with Gasteiger partial charge in [-0.05, 0) is 10.8 Å². The van der Waals surface area contributed by atoms with E-state index in [0.29, 0.717) is 0 Å². The average Bonchev–Trinajstić information content (AvgIpc) is 1.79. The molecule has 0 aromatic carbocycles. The van der Waals surface area contributed by atoms with Gasteiger partial charge in [-0.2, -0.15) is 0 Å². The molecular formula is C11H23NO. The van der Waals surface area contributed by atoms with Gasteiger partial charge >= 0.3 is 0 Å². The lowest BCUT2D eigenvalue weighted by Gasteiger charge is -2.31. The molecule has 13 heavy (non-hydrogen) atoms. The smallest absolute Gasteiger partial charge is 0.209 e. The van der Waals surface area contributed by atoms with E-state index in [4.69, 9.17) is 0 Å². The first-order valence-corrected chi connectivity index (χ1v) is 4.83. The van der Waals surface area contributed by atoms with Gasteiger partial charge in [-0.15, -0.1) is 0 Å². The number of hydrogen-bond acceptors (Lipinski definition) is 1. The zero-order chi connectivity index (χ0) is 10.7. The van der Waals surface area contributed by atoms with Crippen molar-refractivity contribution in [3.63, 3.8) is 0 Å². The van der Waals surface area contributed by atoms with Gasteiger partial charge in [0.15, 0.2) is 0 Å². The predicted octanol–water partition coefficient (Wildman–Crippen LogP) is 2.54. The van der Waals surface area contributed by atoms with Crippen LogP contribution in [0.4, 0.5) is 0 Å². The highest BCUT2D eigenvalue weighted by molar-refractivity contribution is 5.47. The van der Waals surface area contributed by atoms with Gasteiger partial charge in [0.05, 0.1) is 0 Å². The maximum absolute atomic E-state index is 10.8. The van der Waals surface area contributed by atoms with Crippen molar-refractivity contribution in [2.24, 2.45) is 10.8 Å². The van der Waals surface area contributed by atoms with Crippen LogP contribution in [0.5, 0.6) is 0 Å². The fourth-order valence-electron chi connectivity index (χ4n) is 1.35. The second-order valence-electron chi connectivity index (χ2n) is 6.13. The summed E-state index contributed by atoms with van der Waals surface area (Å²) in [6.45, 7) is 14.5. The minimum absolute atomic E-state index is 0.187. The molecule has 2 nitrogen and oxygen atoms in total. The fourth-order valence-corrected chi connectivity index (χ4v) is 1.35. The Balaban J connectivity index is 4.13. The molecule has 0 fully saturated rings. The third-order valence-corrected chi connectivity index (χ3v) is 1.50. The van der Waals surface area contributed by atoms with Crippen LogP contribution in [0.2, 0.25) is 0 Å². The second-order valence-corrected chi connectivity index (χ2v) is 6.13. The Bertz CT molecular complexity index is 146. The van der Waals surface area contributed by atoms with Crippen LogP contribution in [0.3, 0.4) is 0 Å². The lowest BCUT2D eigenvalue weighted by molar-refractivity contribution is -0.120. The van der Waals surface area contributed by atoms with Crippen LogP contribution in [0.1, 0.15) is 41.5 Å². The van der Waals surface area contributed by atoms with Crippen molar-refractivity contribution < 1.29 is 4.79 Å². The van der Waals surface area contributed by atoms with Crippen LogP contribution in [-0.2, 0) is 4.79 Å². The van der Waals surface area contributed by atoms with E-state index >= 15 is 0 Å². The minimum Gasteiger partial charge on any atom is -0.344 e. The summed E-state index contributed by atoms with van der Waals surface area (Å²) in [6, 6.07) is 0. The van der Waals surface area contributed by atoms with E-state index in [2.05, 4.69) is 41.5 Å². The zero-order valence-electron chi connectivity index (χ0n) is 9.85. The minimum atomic E-state index is 0.187. The Morgan fingerprint density at radius 2 is 1.23 bits per heavy atom. The number of carbonyl (C=O) groups excluding carboxylic acids is 1. The molecule has 0 N–H and O–H groups in total. The van der Waals surface area contributed by atoms with Crippen LogP contribution < -0.4 is 0 Å². The van der Waals surface area contributed by atoms with Gasteiger partial charge in [-0.25, -0.2) is 0 Å². The van der Waals surface area contributed by atoms with E-state index in [9.17, 15) is 4.79 Å². The van der Waals surface area contributed by atoms with Crippen LogP contribution in [0.15, 0.2) is 0 Å². The molecule has 0 radical (unpaired) electrons. The molecule has 1 amide bonds. The predicted molar refractivity (Wildman–Crippen MR) is 56.5 cm³/mol. The van der Waals surface area contributed by atoms with Crippen molar-refractivity contribution in [3.05, 3.63) is 0 Å². The van der Waals surface area contributed by atoms with Gasteiger partial charge in [0.25, 0.3) is 0 Å². The number of nitrogens with zero attached hydrogens (tertiary/aromatic N) is 1. The highest BCUT2D eigenvalue weighted by Gasteiger charge is 2.20. The van der Waals surface area contributed by atoms with Crippen LogP contribution in [0, 0.1) is 10.8 Å². The molecule has 0 aliphatic carbocycles. The molecule has 0 atom stereocenters. The molecule has 0 unspecified atom stereocenters. The van der Waals surface area contributed by atoms with E-state index < -0.39 is 0 Å². The molecule has 0 aromatic rings. The molecular weight excluding hydrogens is 162 g/mol. The molecule has 0 saturated heterocycles. The molecule has 2 heteroatoms. The van der Waals surface area contributed by atoms with Crippen LogP contribution >= 0.6 is 0 Å². The van der Waals surface area contributed by atoms with E-state index in [0.717, 1.165) is 19.5 Å². The summed E-state index contributed by atoms with van der Waals surface area (Å²) in [5.41, 5.74) is 0.373. The first-order chi connectivity index (χ1) is 5.64. The molecule has 0 saturated carbocycles. The molecule has 0 aromatic heterocycles. The fraction of sp³-hybridized carbons (Fsp3) is 0.909. The Labute approximate surface area is 82.3 Å². The van der Waals surface area contributed by atoms with Gasteiger partial charge in [0.2, 0.25) is 6.41 Å². The van der Waals surface area contributed by atoms with Crippen molar-refractivity contribution in [2.45, 2.75) is 41.5 Å². The summed E-state index contributed by atoms with van der Waals surface area (Å²) >= 11 is 0. The van der Waals surface area contributed by atoms with Crippen molar-refractivity contribution in [2.75, 3.05) is 13.1 Å². The van der Waals surface area contributed by atoms with E-state index in [-0.39, 0.29) is 10.8 Å². The monoisotopic (exact) mass is 185 g/mol. The van der Waals surface area contributed by atoms with Crippen molar-refractivity contribution in [3.8, 4) is 0 Å². The Morgan fingerprint density at radius 3 is 1.38 bits per heavy atom. The first kappa shape index (κ1) is 12.5. The molecule has 0 spiro atoms. The Kier molecular flexibility index (Phi) is 3.95. The third-order valence-electron chi connectivity index (χ3n) is 1.50. The standard InChI is InChI=1S/C11H23NO/c1-10(2,3)7-12(9-13)8-11(4,5)6/h9H,7-8H2,1-6H3. The summed E-state index contributed by atoms with van der Waals surface area (Å²) in [7, 11) is 0. The summed E-state index contributed by atoms with van der Waals surface area (Å²) in [5.74, 6) is 0. The van der Waals surface area contributed by atoms with Crippen molar-refractivity contribution in [1.29, 1.82) is 0 Å². The summed E-state index contributed by atoms with van der Waals surface area (Å²) in [6.07, 6.45) is 0.955. The van der Waals surface area contributed by atoms with E-state index in [1.807, 2.05) is 4.90 Å². The van der Waals surface area contributed by atoms with Gasteiger partial charge < -0.3 is 4.90 Å².